The SMILES string of the molecule is Cc1ccc(Nc2nccc(C)c2C(N)=S)c(C)n1. The van der Waals surface area contributed by atoms with Crippen LogP contribution in [0.2, 0.25) is 0 Å². The highest BCUT2D eigenvalue weighted by atomic mass is 32.1. The molecule has 0 bridgehead atoms. The second-order valence-corrected chi connectivity index (χ2v) is 4.87. The standard InChI is InChI=1S/C14H16N4S/c1-8-6-7-16-14(12(8)13(15)19)18-11-5-4-9(2)17-10(11)3/h4-7H,1-3H3,(H2,15,19)(H,16,18). The van der Waals surface area contributed by atoms with Crippen LogP contribution < -0.4 is 11.1 Å². The Morgan fingerprint density at radius 2 is 1.95 bits per heavy atom. The van der Waals surface area contributed by atoms with E-state index in [0.717, 1.165) is 28.2 Å². The van der Waals surface area contributed by atoms with Crippen molar-refractivity contribution in [2.24, 2.45) is 5.73 Å². The molecule has 0 spiro atoms. The van der Waals surface area contributed by atoms with Gasteiger partial charge in [-0.1, -0.05) is 12.2 Å². The highest BCUT2D eigenvalue weighted by Crippen LogP contribution is 2.23. The summed E-state index contributed by atoms with van der Waals surface area (Å²) >= 11 is 5.09. The topological polar surface area (TPSA) is 63.8 Å². The van der Waals surface area contributed by atoms with Crippen molar-refractivity contribution in [3.05, 3.63) is 46.9 Å². The van der Waals surface area contributed by atoms with Crippen LogP contribution in [0.25, 0.3) is 0 Å². The van der Waals surface area contributed by atoms with Gasteiger partial charge in [0.1, 0.15) is 10.8 Å². The number of rotatable bonds is 3. The monoisotopic (exact) mass is 272 g/mol. The Kier molecular flexibility index (Phi) is 3.76. The average molecular weight is 272 g/mol. The molecule has 0 saturated heterocycles. The van der Waals surface area contributed by atoms with Gasteiger partial charge in [0.05, 0.1) is 16.9 Å². The summed E-state index contributed by atoms with van der Waals surface area (Å²) in [6.07, 6.45) is 1.73. The molecule has 98 valence electrons. The summed E-state index contributed by atoms with van der Waals surface area (Å²) in [6, 6.07) is 5.82. The van der Waals surface area contributed by atoms with Gasteiger partial charge in [0.25, 0.3) is 0 Å². The third-order valence-electron chi connectivity index (χ3n) is 2.88. The quantitative estimate of drug-likeness (QED) is 0.841. The third-order valence-corrected chi connectivity index (χ3v) is 3.09. The van der Waals surface area contributed by atoms with Crippen molar-refractivity contribution in [2.75, 3.05) is 5.32 Å². The first kappa shape index (κ1) is 13.4. The summed E-state index contributed by atoms with van der Waals surface area (Å²) in [5, 5.41) is 3.25. The maximum atomic E-state index is 5.77. The Labute approximate surface area is 118 Å². The highest BCUT2D eigenvalue weighted by Gasteiger charge is 2.11. The molecule has 0 radical (unpaired) electrons. The molecule has 0 atom stereocenters. The van der Waals surface area contributed by atoms with E-state index in [1.54, 1.807) is 6.20 Å². The summed E-state index contributed by atoms with van der Waals surface area (Å²) in [7, 11) is 0. The van der Waals surface area contributed by atoms with E-state index in [-0.39, 0.29) is 0 Å². The van der Waals surface area contributed by atoms with Crippen LogP contribution in [0.1, 0.15) is 22.5 Å². The van der Waals surface area contributed by atoms with Crippen molar-refractivity contribution in [3.63, 3.8) is 0 Å². The molecule has 0 fully saturated rings. The van der Waals surface area contributed by atoms with E-state index in [4.69, 9.17) is 18.0 Å². The predicted molar refractivity (Wildman–Crippen MR) is 81.9 cm³/mol. The fourth-order valence-corrected chi connectivity index (χ4v) is 2.17. The van der Waals surface area contributed by atoms with Gasteiger partial charge in [-0.25, -0.2) is 4.98 Å². The molecule has 0 aliphatic carbocycles. The van der Waals surface area contributed by atoms with Gasteiger partial charge in [0.2, 0.25) is 0 Å². The summed E-state index contributed by atoms with van der Waals surface area (Å²) in [6.45, 7) is 5.87. The maximum Gasteiger partial charge on any atom is 0.140 e. The van der Waals surface area contributed by atoms with Gasteiger partial charge in [0.15, 0.2) is 0 Å². The van der Waals surface area contributed by atoms with E-state index in [2.05, 4.69) is 15.3 Å². The van der Waals surface area contributed by atoms with Crippen molar-refractivity contribution in [3.8, 4) is 0 Å². The van der Waals surface area contributed by atoms with Crippen LogP contribution >= 0.6 is 12.2 Å². The first-order valence-electron chi connectivity index (χ1n) is 5.95. The fraction of sp³-hybridized carbons (Fsp3) is 0.214. The van der Waals surface area contributed by atoms with Crippen LogP contribution in [0.4, 0.5) is 11.5 Å². The van der Waals surface area contributed by atoms with Crippen LogP contribution in [-0.4, -0.2) is 15.0 Å². The molecule has 2 rings (SSSR count). The number of aromatic nitrogens is 2. The summed E-state index contributed by atoms with van der Waals surface area (Å²) in [4.78, 5) is 9.06. The average Bonchev–Trinajstić information content (AvgIpc) is 2.32. The minimum absolute atomic E-state index is 0.339. The normalized spacial score (nSPS) is 10.3. The number of hydrogen-bond donors (Lipinski definition) is 2. The zero-order valence-electron chi connectivity index (χ0n) is 11.2. The first-order chi connectivity index (χ1) is 8.99. The van der Waals surface area contributed by atoms with Crippen LogP contribution in [0.5, 0.6) is 0 Å². The lowest BCUT2D eigenvalue weighted by atomic mass is 10.1. The number of nitrogens with one attached hydrogen (secondary N) is 1. The lowest BCUT2D eigenvalue weighted by molar-refractivity contribution is 1.12. The van der Waals surface area contributed by atoms with Crippen molar-refractivity contribution in [1.29, 1.82) is 0 Å². The molecule has 0 unspecified atom stereocenters. The van der Waals surface area contributed by atoms with Crippen molar-refractivity contribution < 1.29 is 0 Å². The van der Waals surface area contributed by atoms with E-state index in [0.29, 0.717) is 10.8 Å². The second-order valence-electron chi connectivity index (χ2n) is 4.43. The Balaban J connectivity index is 2.44. The third kappa shape index (κ3) is 2.88. The van der Waals surface area contributed by atoms with Gasteiger partial charge in [0, 0.05) is 11.9 Å². The van der Waals surface area contributed by atoms with Crippen molar-refractivity contribution in [1.82, 2.24) is 9.97 Å². The van der Waals surface area contributed by atoms with E-state index >= 15 is 0 Å². The second kappa shape index (κ2) is 5.32. The van der Waals surface area contributed by atoms with Crippen LogP contribution in [0.3, 0.4) is 0 Å². The van der Waals surface area contributed by atoms with Gasteiger partial charge in [-0.2, -0.15) is 0 Å². The van der Waals surface area contributed by atoms with E-state index in [1.807, 2.05) is 39.0 Å². The minimum Gasteiger partial charge on any atom is -0.389 e. The predicted octanol–water partition coefficient (Wildman–Crippen LogP) is 2.78. The molecule has 0 saturated carbocycles. The number of anilines is 2. The Morgan fingerprint density at radius 3 is 2.58 bits per heavy atom. The number of nitrogens with zero attached hydrogens (tertiary/aromatic N) is 2. The lowest BCUT2D eigenvalue weighted by Gasteiger charge is -2.13. The van der Waals surface area contributed by atoms with Crippen LogP contribution in [-0.2, 0) is 0 Å². The highest BCUT2D eigenvalue weighted by molar-refractivity contribution is 7.80. The molecule has 0 amide bonds. The zero-order valence-corrected chi connectivity index (χ0v) is 12.0. The van der Waals surface area contributed by atoms with Gasteiger partial charge in [-0.15, -0.1) is 0 Å². The first-order valence-corrected chi connectivity index (χ1v) is 6.36. The molecule has 3 N–H and O–H groups in total. The summed E-state index contributed by atoms with van der Waals surface area (Å²) < 4.78 is 0. The van der Waals surface area contributed by atoms with Crippen molar-refractivity contribution >= 4 is 28.7 Å². The Hall–Kier alpha value is -2.01. The Morgan fingerprint density at radius 1 is 1.21 bits per heavy atom. The molecule has 0 aliphatic heterocycles. The molecular weight excluding hydrogens is 256 g/mol. The van der Waals surface area contributed by atoms with Gasteiger partial charge >= 0.3 is 0 Å². The molecule has 5 heteroatoms. The minimum atomic E-state index is 0.339. The molecule has 2 aromatic heterocycles. The largest absolute Gasteiger partial charge is 0.389 e. The molecule has 0 aliphatic rings. The van der Waals surface area contributed by atoms with Gasteiger partial charge < -0.3 is 11.1 Å². The van der Waals surface area contributed by atoms with E-state index < -0.39 is 0 Å². The van der Waals surface area contributed by atoms with E-state index in [1.165, 1.54) is 0 Å². The lowest BCUT2D eigenvalue weighted by Crippen LogP contribution is -2.15. The molecule has 19 heavy (non-hydrogen) atoms. The van der Waals surface area contributed by atoms with Crippen LogP contribution in [0.15, 0.2) is 24.4 Å². The van der Waals surface area contributed by atoms with Crippen molar-refractivity contribution in [2.45, 2.75) is 20.8 Å². The number of thiocarbonyl (C=S) groups is 1. The smallest absolute Gasteiger partial charge is 0.140 e. The number of pyridine rings is 2. The number of aryl methyl sites for hydroxylation is 3. The summed E-state index contributed by atoms with van der Waals surface area (Å²) in [5.74, 6) is 0.668. The Bertz CT molecular complexity index is 637. The maximum absolute atomic E-state index is 5.77. The summed E-state index contributed by atoms with van der Waals surface area (Å²) in [5.41, 5.74) is 10.3. The zero-order chi connectivity index (χ0) is 14.0. The number of nitrogens with two attached hydrogens (primary N) is 1. The molecule has 0 aromatic carbocycles. The molecule has 4 nitrogen and oxygen atoms in total. The number of hydrogen-bond acceptors (Lipinski definition) is 4. The van der Waals surface area contributed by atoms with E-state index in [9.17, 15) is 0 Å². The van der Waals surface area contributed by atoms with Gasteiger partial charge in [-0.05, 0) is 44.5 Å². The van der Waals surface area contributed by atoms with Crippen LogP contribution in [0, 0.1) is 20.8 Å². The molecule has 2 heterocycles. The van der Waals surface area contributed by atoms with Gasteiger partial charge in [-0.3, -0.25) is 4.98 Å². The fourth-order valence-electron chi connectivity index (χ4n) is 1.91. The molecule has 2 aromatic rings. The molecular formula is C14H16N4S.